The van der Waals surface area contributed by atoms with Gasteiger partial charge in [0, 0.05) is 0 Å². The van der Waals surface area contributed by atoms with Gasteiger partial charge in [-0.2, -0.15) is 0 Å². The summed E-state index contributed by atoms with van der Waals surface area (Å²) in [5, 5.41) is 11.7. The van der Waals surface area contributed by atoms with Gasteiger partial charge < -0.3 is 5.11 Å². The van der Waals surface area contributed by atoms with E-state index in [2.05, 4.69) is 19.1 Å². The molecule has 0 aliphatic heterocycles. The van der Waals surface area contributed by atoms with Crippen molar-refractivity contribution in [2.75, 3.05) is 0 Å². The highest BCUT2D eigenvalue weighted by atomic mass is 127. The second kappa shape index (κ2) is 10.4. The van der Waals surface area contributed by atoms with Gasteiger partial charge in [0.05, 0.1) is 0 Å². The van der Waals surface area contributed by atoms with E-state index in [1.807, 2.05) is 22.3 Å². The van der Waals surface area contributed by atoms with Crippen molar-refractivity contribution in [3.8, 4) is 0 Å². The minimum atomic E-state index is -0.220. The molecule has 1 rings (SSSR count). The lowest BCUT2D eigenvalue weighted by molar-refractivity contribution is -0.564. The van der Waals surface area contributed by atoms with Gasteiger partial charge in [-0.05, 0) is 18.6 Å². The molecule has 0 saturated heterocycles. The van der Waals surface area contributed by atoms with E-state index in [-0.39, 0.29) is 21.2 Å². The molecule has 0 N–H and O–H groups in total. The maximum atomic E-state index is 11.7. The van der Waals surface area contributed by atoms with Crippen LogP contribution in [0.2, 0.25) is 0 Å². The van der Waals surface area contributed by atoms with E-state index in [4.69, 9.17) is 0 Å². The lowest BCUT2D eigenvalue weighted by Crippen LogP contribution is -3.59. The average molecular weight is 358 g/mol. The summed E-state index contributed by atoms with van der Waals surface area (Å²) < 4.78 is 3.27. The molecule has 0 amide bonds. The average Bonchev–Trinajstić information content (AvgIpc) is 2.41. The molecule has 1 aromatic rings. The van der Waals surface area contributed by atoms with Gasteiger partial charge in [-0.1, -0.05) is 69.4 Å². The van der Waals surface area contributed by atoms with Crippen molar-refractivity contribution in [2.24, 2.45) is 0 Å². The van der Waals surface area contributed by atoms with E-state index in [0.29, 0.717) is 5.76 Å². The van der Waals surface area contributed by atoms with Crippen LogP contribution in [-0.2, 0) is 0 Å². The Morgan fingerprint density at radius 3 is 2.44 bits per heavy atom. The molecule has 1 aromatic carbocycles. The smallest absolute Gasteiger partial charge is 0.348 e. The SMILES string of the molecule is CCCCCCCC/C([O-])=C/[I+]c1ccccc1. The van der Waals surface area contributed by atoms with E-state index in [0.717, 1.165) is 12.8 Å². The van der Waals surface area contributed by atoms with Crippen molar-refractivity contribution < 1.29 is 26.3 Å². The predicted octanol–water partition coefficient (Wildman–Crippen LogP) is 0.898. The highest BCUT2D eigenvalue weighted by Gasteiger charge is 2.05. The van der Waals surface area contributed by atoms with Crippen LogP contribution in [0.1, 0.15) is 51.9 Å². The fourth-order valence-electron chi connectivity index (χ4n) is 1.75. The van der Waals surface area contributed by atoms with Crippen molar-refractivity contribution >= 4 is 0 Å². The number of halogens is 1. The molecule has 0 aliphatic rings. The number of benzene rings is 1. The quantitative estimate of drug-likeness (QED) is 0.366. The molecule has 0 saturated carbocycles. The Kier molecular flexibility index (Phi) is 9.00. The molecule has 0 atom stereocenters. The Morgan fingerprint density at radius 2 is 1.72 bits per heavy atom. The molecule has 0 fully saturated rings. The number of allylic oxidation sites excluding steroid dienone is 1. The minimum Gasteiger partial charge on any atom is -0.873 e. The molecule has 0 bridgehead atoms. The van der Waals surface area contributed by atoms with Crippen LogP contribution in [0.15, 0.2) is 40.2 Å². The Morgan fingerprint density at radius 1 is 1.06 bits per heavy atom. The Bertz CT molecular complexity index is 332. The molecular formula is C16H23IO. The molecule has 18 heavy (non-hydrogen) atoms. The molecule has 0 unspecified atom stereocenters. The van der Waals surface area contributed by atoms with Crippen LogP contribution >= 0.6 is 0 Å². The molecule has 0 spiro atoms. The summed E-state index contributed by atoms with van der Waals surface area (Å²) in [4.78, 5) is 0. The second-order valence-electron chi connectivity index (χ2n) is 4.50. The Labute approximate surface area is 122 Å². The zero-order valence-electron chi connectivity index (χ0n) is 11.2. The van der Waals surface area contributed by atoms with Gasteiger partial charge in [-0.25, -0.2) is 0 Å². The van der Waals surface area contributed by atoms with Crippen LogP contribution in [0.3, 0.4) is 0 Å². The van der Waals surface area contributed by atoms with E-state index >= 15 is 0 Å². The fourth-order valence-corrected chi connectivity index (χ4v) is 3.59. The first kappa shape index (κ1) is 15.5. The standard InChI is InChI=1S/C16H23IO/c1-2-3-4-5-6-10-13-16(18)14-17-15-11-8-7-9-12-15/h7-9,11-12,14H,2-6,10,13H2,1H3/b16-14-. The lowest BCUT2D eigenvalue weighted by atomic mass is 10.1. The number of hydrogen-bond donors (Lipinski definition) is 0. The van der Waals surface area contributed by atoms with Gasteiger partial charge >= 0.3 is 21.2 Å². The zero-order chi connectivity index (χ0) is 13.1. The molecule has 0 aliphatic carbocycles. The van der Waals surface area contributed by atoms with Gasteiger partial charge in [-0.3, -0.25) is 0 Å². The third-order valence-electron chi connectivity index (χ3n) is 2.81. The topological polar surface area (TPSA) is 23.1 Å². The molecule has 0 radical (unpaired) electrons. The van der Waals surface area contributed by atoms with Gasteiger partial charge in [0.25, 0.3) is 0 Å². The highest BCUT2D eigenvalue weighted by molar-refractivity contribution is 4.99. The van der Waals surface area contributed by atoms with Crippen LogP contribution < -0.4 is 26.3 Å². The molecular weight excluding hydrogens is 335 g/mol. The van der Waals surface area contributed by atoms with Crippen molar-refractivity contribution in [3.63, 3.8) is 0 Å². The maximum Gasteiger partial charge on any atom is 0.348 e. The molecule has 0 heterocycles. The minimum absolute atomic E-state index is 0.220. The summed E-state index contributed by atoms with van der Waals surface area (Å²) in [6.45, 7) is 2.23. The third-order valence-corrected chi connectivity index (χ3v) is 5.26. The summed E-state index contributed by atoms with van der Waals surface area (Å²) in [6, 6.07) is 10.3. The van der Waals surface area contributed by atoms with Crippen molar-refractivity contribution in [2.45, 2.75) is 51.9 Å². The Hall–Kier alpha value is -0.510. The van der Waals surface area contributed by atoms with Gasteiger partial charge in [0.15, 0.2) is 3.57 Å². The molecule has 1 nitrogen and oxygen atoms in total. The normalized spacial score (nSPS) is 11.7. The first-order valence-corrected chi connectivity index (χ1v) is 9.20. The lowest BCUT2D eigenvalue weighted by Gasteiger charge is -2.07. The largest absolute Gasteiger partial charge is 0.873 e. The van der Waals surface area contributed by atoms with Gasteiger partial charge in [0.1, 0.15) is 4.08 Å². The summed E-state index contributed by atoms with van der Waals surface area (Å²) in [5.74, 6) is 0.349. The Balaban J connectivity index is 2.11. The van der Waals surface area contributed by atoms with Gasteiger partial charge in [0.2, 0.25) is 0 Å². The van der Waals surface area contributed by atoms with Crippen LogP contribution in [0, 0.1) is 3.57 Å². The maximum absolute atomic E-state index is 11.7. The van der Waals surface area contributed by atoms with Crippen molar-refractivity contribution in [3.05, 3.63) is 43.7 Å². The number of unbranched alkanes of at least 4 members (excludes halogenated alkanes) is 5. The second-order valence-corrected chi connectivity index (χ2v) is 6.99. The van der Waals surface area contributed by atoms with Crippen LogP contribution in [0.5, 0.6) is 0 Å². The highest BCUT2D eigenvalue weighted by Crippen LogP contribution is 2.08. The van der Waals surface area contributed by atoms with Crippen molar-refractivity contribution in [1.82, 2.24) is 0 Å². The first-order chi connectivity index (χ1) is 8.83. The van der Waals surface area contributed by atoms with E-state index in [1.54, 1.807) is 0 Å². The van der Waals surface area contributed by atoms with Crippen LogP contribution in [-0.4, -0.2) is 0 Å². The van der Waals surface area contributed by atoms with Crippen LogP contribution in [0.25, 0.3) is 0 Å². The van der Waals surface area contributed by atoms with E-state index in [1.165, 1.54) is 35.7 Å². The van der Waals surface area contributed by atoms with E-state index in [9.17, 15) is 5.11 Å². The monoisotopic (exact) mass is 358 g/mol. The molecule has 0 aromatic heterocycles. The molecule has 2 heteroatoms. The summed E-state index contributed by atoms with van der Waals surface area (Å²) in [5.41, 5.74) is 0. The molecule has 100 valence electrons. The fraction of sp³-hybridized carbons (Fsp3) is 0.500. The zero-order valence-corrected chi connectivity index (χ0v) is 13.4. The van der Waals surface area contributed by atoms with E-state index < -0.39 is 0 Å². The summed E-state index contributed by atoms with van der Waals surface area (Å²) in [6.07, 6.45) is 8.26. The summed E-state index contributed by atoms with van der Waals surface area (Å²) >= 11 is -0.220. The predicted molar refractivity (Wildman–Crippen MR) is 71.2 cm³/mol. The summed E-state index contributed by atoms with van der Waals surface area (Å²) in [7, 11) is 0. The number of hydrogen-bond acceptors (Lipinski definition) is 1. The van der Waals surface area contributed by atoms with Crippen LogP contribution in [0.4, 0.5) is 0 Å². The number of rotatable bonds is 9. The first-order valence-electron chi connectivity index (χ1n) is 6.87. The van der Waals surface area contributed by atoms with Crippen molar-refractivity contribution in [1.29, 1.82) is 0 Å². The van der Waals surface area contributed by atoms with Gasteiger partial charge in [-0.15, -0.1) is 0 Å². The third kappa shape index (κ3) is 7.75.